The summed E-state index contributed by atoms with van der Waals surface area (Å²) >= 11 is 0. The summed E-state index contributed by atoms with van der Waals surface area (Å²) in [6.45, 7) is 0. The average Bonchev–Trinajstić information content (AvgIpc) is 3.87. The Balaban J connectivity index is 1.07. The minimum absolute atomic E-state index is 0.674. The lowest BCUT2D eigenvalue weighted by Gasteiger charge is -2.13. The average molecular weight is 791 g/mol. The van der Waals surface area contributed by atoms with Gasteiger partial charge in [0.25, 0.3) is 0 Å². The fourth-order valence-corrected chi connectivity index (χ4v) is 9.26. The van der Waals surface area contributed by atoms with Gasteiger partial charge in [-0.3, -0.25) is 0 Å². The number of hydrogen-bond acceptors (Lipinski definition) is 2. The molecule has 0 radical (unpaired) electrons. The zero-order chi connectivity index (χ0) is 41.0. The molecule has 4 nitrogen and oxygen atoms in total. The molecule has 62 heavy (non-hydrogen) atoms. The summed E-state index contributed by atoms with van der Waals surface area (Å²) in [5, 5.41) is 4.76. The van der Waals surface area contributed by atoms with Crippen LogP contribution in [0.2, 0.25) is 0 Å². The Labute approximate surface area is 359 Å². The standard InChI is InChI=1S/C58H38N4/c1-4-16-39(17-5-1)40-30-32-41(33-31-40)42-18-14-19-44(36-42)58-59-51(43-34-35-48-47-24-10-12-27-53(47)62(56(48)37-43)46-22-8-3-9-23-46)38-52(60-58)49-26-15-29-55-57(49)50-25-11-13-28-54(50)61(55)45-20-6-2-7-21-45/h1-38H. The second kappa shape index (κ2) is 14.7. The van der Waals surface area contributed by atoms with Crippen LogP contribution in [0.5, 0.6) is 0 Å². The van der Waals surface area contributed by atoms with Gasteiger partial charge in [0.1, 0.15) is 0 Å². The highest BCUT2D eigenvalue weighted by molar-refractivity contribution is 6.16. The van der Waals surface area contributed by atoms with Crippen molar-refractivity contribution in [3.8, 4) is 67.5 Å². The van der Waals surface area contributed by atoms with E-state index in [9.17, 15) is 0 Å². The van der Waals surface area contributed by atoms with Gasteiger partial charge in [0, 0.05) is 49.6 Å². The third-order valence-electron chi connectivity index (χ3n) is 12.1. The van der Waals surface area contributed by atoms with E-state index < -0.39 is 0 Å². The van der Waals surface area contributed by atoms with Crippen LogP contribution in [0.3, 0.4) is 0 Å². The molecule has 9 aromatic carbocycles. The van der Waals surface area contributed by atoms with Gasteiger partial charge < -0.3 is 9.13 Å². The zero-order valence-electron chi connectivity index (χ0n) is 33.7. The minimum Gasteiger partial charge on any atom is -0.309 e. The maximum absolute atomic E-state index is 5.46. The lowest BCUT2D eigenvalue weighted by molar-refractivity contribution is 1.17. The lowest BCUT2D eigenvalue weighted by Crippen LogP contribution is -1.98. The molecule has 0 N–H and O–H groups in total. The van der Waals surface area contributed by atoms with Crippen LogP contribution in [0.25, 0.3) is 111 Å². The molecule has 12 rings (SSSR count). The first-order chi connectivity index (χ1) is 30.7. The molecular weight excluding hydrogens is 753 g/mol. The van der Waals surface area contributed by atoms with Crippen LogP contribution in [0.1, 0.15) is 0 Å². The molecule has 0 spiro atoms. The van der Waals surface area contributed by atoms with Crippen molar-refractivity contribution < 1.29 is 0 Å². The van der Waals surface area contributed by atoms with Gasteiger partial charge in [-0.1, -0.05) is 170 Å². The second-order valence-corrected chi connectivity index (χ2v) is 15.8. The molecule has 0 aliphatic rings. The van der Waals surface area contributed by atoms with E-state index in [2.05, 4.69) is 240 Å². The van der Waals surface area contributed by atoms with Gasteiger partial charge in [-0.05, 0) is 82.9 Å². The van der Waals surface area contributed by atoms with Crippen molar-refractivity contribution in [1.29, 1.82) is 0 Å². The van der Waals surface area contributed by atoms with Crippen molar-refractivity contribution in [2.24, 2.45) is 0 Å². The van der Waals surface area contributed by atoms with Crippen LogP contribution in [0.15, 0.2) is 231 Å². The van der Waals surface area contributed by atoms with Crippen LogP contribution in [0.4, 0.5) is 0 Å². The smallest absolute Gasteiger partial charge is 0.160 e. The first-order valence-electron chi connectivity index (χ1n) is 21.1. The van der Waals surface area contributed by atoms with Crippen LogP contribution >= 0.6 is 0 Å². The molecule has 0 bridgehead atoms. The van der Waals surface area contributed by atoms with Gasteiger partial charge in [-0.25, -0.2) is 9.97 Å². The fourth-order valence-electron chi connectivity index (χ4n) is 9.26. The minimum atomic E-state index is 0.674. The van der Waals surface area contributed by atoms with Gasteiger partial charge in [0.15, 0.2) is 5.82 Å². The normalized spacial score (nSPS) is 11.5. The van der Waals surface area contributed by atoms with Crippen LogP contribution in [0, 0.1) is 0 Å². The Kier molecular flexibility index (Phi) is 8.46. The number of para-hydroxylation sites is 4. The van der Waals surface area contributed by atoms with Crippen molar-refractivity contribution in [3.05, 3.63) is 231 Å². The predicted octanol–water partition coefficient (Wildman–Crippen LogP) is 15.0. The van der Waals surface area contributed by atoms with Crippen LogP contribution in [-0.4, -0.2) is 19.1 Å². The SMILES string of the molecule is c1ccc(-c2ccc(-c3cccc(-c4nc(-c5ccc6c7ccccc7n(-c7ccccc7)c6c5)cc(-c5cccc6c5c5ccccc5n6-c5ccccc5)n4)c3)cc2)cc1. The third-order valence-corrected chi connectivity index (χ3v) is 12.1. The molecule has 0 fully saturated rings. The molecule has 290 valence electrons. The van der Waals surface area contributed by atoms with Crippen molar-refractivity contribution in [2.75, 3.05) is 0 Å². The Hall–Kier alpha value is -8.34. The molecule has 0 saturated heterocycles. The topological polar surface area (TPSA) is 35.6 Å². The van der Waals surface area contributed by atoms with Gasteiger partial charge in [0.05, 0.1) is 33.5 Å². The molecule has 0 aliphatic carbocycles. The van der Waals surface area contributed by atoms with E-state index in [0.717, 1.165) is 72.5 Å². The zero-order valence-corrected chi connectivity index (χ0v) is 33.7. The summed E-state index contributed by atoms with van der Waals surface area (Å²) in [6.07, 6.45) is 0. The van der Waals surface area contributed by atoms with E-state index in [1.165, 1.54) is 32.8 Å². The molecular formula is C58H38N4. The first kappa shape index (κ1) is 35.6. The summed E-state index contributed by atoms with van der Waals surface area (Å²) in [7, 11) is 0. The Morgan fingerprint density at radius 1 is 0.274 bits per heavy atom. The van der Waals surface area contributed by atoms with Crippen molar-refractivity contribution >= 4 is 43.6 Å². The fraction of sp³-hybridized carbons (Fsp3) is 0. The van der Waals surface area contributed by atoms with Crippen LogP contribution in [-0.2, 0) is 0 Å². The van der Waals surface area contributed by atoms with Crippen molar-refractivity contribution in [2.45, 2.75) is 0 Å². The number of aromatic nitrogens is 4. The second-order valence-electron chi connectivity index (χ2n) is 15.8. The monoisotopic (exact) mass is 790 g/mol. The van der Waals surface area contributed by atoms with Gasteiger partial charge >= 0.3 is 0 Å². The van der Waals surface area contributed by atoms with E-state index in [-0.39, 0.29) is 0 Å². The molecule has 0 unspecified atom stereocenters. The lowest BCUT2D eigenvalue weighted by atomic mass is 9.98. The number of fused-ring (bicyclic) bond motifs is 6. The highest BCUT2D eigenvalue weighted by Gasteiger charge is 2.20. The third kappa shape index (κ3) is 6.00. The van der Waals surface area contributed by atoms with E-state index in [0.29, 0.717) is 5.82 Å². The van der Waals surface area contributed by atoms with Gasteiger partial charge in [0.2, 0.25) is 0 Å². The van der Waals surface area contributed by atoms with E-state index in [1.807, 2.05) is 0 Å². The van der Waals surface area contributed by atoms with Gasteiger partial charge in [-0.15, -0.1) is 0 Å². The molecule has 0 amide bonds. The molecule has 0 aliphatic heterocycles. The maximum Gasteiger partial charge on any atom is 0.160 e. The maximum atomic E-state index is 5.46. The summed E-state index contributed by atoms with van der Waals surface area (Å²) in [5.41, 5.74) is 16.2. The number of nitrogens with zero attached hydrogens (tertiary/aromatic N) is 4. The quantitative estimate of drug-likeness (QED) is 0.161. The summed E-state index contributed by atoms with van der Waals surface area (Å²) in [6, 6.07) is 82.1. The molecule has 3 heterocycles. The highest BCUT2D eigenvalue weighted by atomic mass is 15.0. The van der Waals surface area contributed by atoms with E-state index >= 15 is 0 Å². The predicted molar refractivity (Wildman–Crippen MR) is 258 cm³/mol. The van der Waals surface area contributed by atoms with Crippen molar-refractivity contribution in [1.82, 2.24) is 19.1 Å². The Morgan fingerprint density at radius 2 is 0.758 bits per heavy atom. The summed E-state index contributed by atoms with van der Waals surface area (Å²) in [5.74, 6) is 0.674. The van der Waals surface area contributed by atoms with Crippen LogP contribution < -0.4 is 0 Å². The number of benzene rings is 9. The van der Waals surface area contributed by atoms with E-state index in [4.69, 9.17) is 9.97 Å². The molecule has 12 aromatic rings. The Morgan fingerprint density at radius 3 is 1.48 bits per heavy atom. The van der Waals surface area contributed by atoms with Crippen molar-refractivity contribution in [3.63, 3.8) is 0 Å². The van der Waals surface area contributed by atoms with Gasteiger partial charge in [-0.2, -0.15) is 0 Å². The summed E-state index contributed by atoms with van der Waals surface area (Å²) < 4.78 is 4.73. The molecule has 0 atom stereocenters. The molecule has 0 saturated carbocycles. The highest BCUT2D eigenvalue weighted by Crippen LogP contribution is 2.41. The molecule has 4 heteroatoms. The number of hydrogen-bond donors (Lipinski definition) is 0. The summed E-state index contributed by atoms with van der Waals surface area (Å²) in [4.78, 5) is 10.9. The molecule has 3 aromatic heterocycles. The largest absolute Gasteiger partial charge is 0.309 e. The first-order valence-corrected chi connectivity index (χ1v) is 21.1. The Bertz CT molecular complexity index is 3600. The van der Waals surface area contributed by atoms with E-state index in [1.54, 1.807) is 0 Å². The number of rotatable bonds is 7.